The molecule has 8 heteroatoms. The van der Waals surface area contributed by atoms with Crippen molar-refractivity contribution in [2.75, 3.05) is 23.4 Å². The van der Waals surface area contributed by atoms with Crippen LogP contribution in [0.5, 0.6) is 0 Å². The Labute approximate surface area is 153 Å². The molecule has 1 aliphatic rings. The first-order chi connectivity index (χ1) is 12.5. The summed E-state index contributed by atoms with van der Waals surface area (Å²) in [4.78, 5) is 14.3. The lowest BCUT2D eigenvalue weighted by Gasteiger charge is -2.20. The van der Waals surface area contributed by atoms with Crippen molar-refractivity contribution in [1.29, 1.82) is 0 Å². The topological polar surface area (TPSA) is 92.3 Å². The first-order valence-corrected chi connectivity index (χ1v) is 10.4. The van der Waals surface area contributed by atoms with E-state index in [-0.39, 0.29) is 29.1 Å². The Morgan fingerprint density at radius 2 is 1.96 bits per heavy atom. The number of carbonyl (C=O) groups excluding carboxylic acids is 1. The van der Waals surface area contributed by atoms with Crippen LogP contribution in [0.25, 0.3) is 0 Å². The minimum absolute atomic E-state index is 0.107. The summed E-state index contributed by atoms with van der Waals surface area (Å²) in [6.07, 6.45) is 0.561. The highest BCUT2D eigenvalue weighted by molar-refractivity contribution is 7.91. The molecule has 2 aromatic rings. The van der Waals surface area contributed by atoms with Crippen LogP contribution < -0.4 is 5.32 Å². The van der Waals surface area contributed by atoms with Gasteiger partial charge in [-0.2, -0.15) is 0 Å². The molecule has 1 aliphatic heterocycles. The highest BCUT2D eigenvalue weighted by Gasteiger charge is 2.28. The van der Waals surface area contributed by atoms with E-state index in [1.165, 1.54) is 0 Å². The molecule has 2 heterocycles. The van der Waals surface area contributed by atoms with Crippen molar-refractivity contribution in [3.63, 3.8) is 0 Å². The fraction of sp³-hybridized carbons (Fsp3) is 0.389. The summed E-state index contributed by atoms with van der Waals surface area (Å²) in [7, 11) is -2.95. The van der Waals surface area contributed by atoms with Gasteiger partial charge in [0.1, 0.15) is 5.82 Å². The van der Waals surface area contributed by atoms with Gasteiger partial charge in [-0.25, -0.2) is 8.42 Å². The molecule has 138 valence electrons. The highest BCUT2D eigenvalue weighted by atomic mass is 32.2. The lowest BCUT2D eigenvalue weighted by atomic mass is 10.2. The predicted molar refractivity (Wildman–Crippen MR) is 99.6 cm³/mol. The number of hydrogen-bond donors (Lipinski definition) is 1. The van der Waals surface area contributed by atoms with Crippen LogP contribution in [0.1, 0.15) is 29.4 Å². The molecule has 1 amide bonds. The van der Waals surface area contributed by atoms with E-state index in [1.807, 2.05) is 37.3 Å². The zero-order valence-electron chi connectivity index (χ0n) is 14.6. The van der Waals surface area contributed by atoms with E-state index in [2.05, 4.69) is 15.5 Å². The molecule has 0 saturated carbocycles. The van der Waals surface area contributed by atoms with Gasteiger partial charge in [-0.1, -0.05) is 30.3 Å². The summed E-state index contributed by atoms with van der Waals surface area (Å²) in [5, 5.41) is 11.1. The van der Waals surface area contributed by atoms with Crippen LogP contribution in [0.15, 0.2) is 42.5 Å². The van der Waals surface area contributed by atoms with Crippen LogP contribution in [-0.2, 0) is 16.4 Å². The first kappa shape index (κ1) is 18.3. The summed E-state index contributed by atoms with van der Waals surface area (Å²) in [5.74, 6) is 0.601. The molecule has 1 fully saturated rings. The molecule has 0 bridgehead atoms. The van der Waals surface area contributed by atoms with Gasteiger partial charge >= 0.3 is 0 Å². The van der Waals surface area contributed by atoms with Gasteiger partial charge in [-0.15, -0.1) is 10.2 Å². The maximum absolute atomic E-state index is 12.6. The molecule has 1 saturated heterocycles. The van der Waals surface area contributed by atoms with Crippen molar-refractivity contribution in [3.05, 3.63) is 53.7 Å². The standard InChI is InChI=1S/C18H22N4O3S/c1-2-22(12-14-6-4-3-5-7-14)18(23)16-8-9-17(21-20-16)19-15-10-11-26(24,25)13-15/h3-9,15H,2,10-13H2,1H3,(H,19,21). The molecule has 1 aromatic heterocycles. The molecule has 0 aliphatic carbocycles. The average molecular weight is 374 g/mol. The second-order valence-corrected chi connectivity index (χ2v) is 8.58. The molecule has 7 nitrogen and oxygen atoms in total. The van der Waals surface area contributed by atoms with E-state index in [1.54, 1.807) is 17.0 Å². The number of anilines is 1. The summed E-state index contributed by atoms with van der Waals surface area (Å²) in [6, 6.07) is 12.9. The van der Waals surface area contributed by atoms with Crippen LogP contribution in [0.4, 0.5) is 5.82 Å². The number of nitrogens with zero attached hydrogens (tertiary/aromatic N) is 3. The lowest BCUT2D eigenvalue weighted by Crippen LogP contribution is -2.31. The number of nitrogens with one attached hydrogen (secondary N) is 1. The van der Waals surface area contributed by atoms with Crippen molar-refractivity contribution in [2.24, 2.45) is 0 Å². The third-order valence-electron chi connectivity index (χ3n) is 4.35. The highest BCUT2D eigenvalue weighted by Crippen LogP contribution is 2.16. The van der Waals surface area contributed by atoms with Gasteiger partial charge in [0.2, 0.25) is 0 Å². The molecule has 3 rings (SSSR count). The van der Waals surface area contributed by atoms with Crippen LogP contribution in [0.2, 0.25) is 0 Å². The van der Waals surface area contributed by atoms with Crippen molar-refractivity contribution in [2.45, 2.75) is 25.9 Å². The van der Waals surface area contributed by atoms with E-state index in [4.69, 9.17) is 0 Å². The maximum atomic E-state index is 12.6. The zero-order valence-corrected chi connectivity index (χ0v) is 15.4. The van der Waals surface area contributed by atoms with Crippen molar-refractivity contribution >= 4 is 21.6 Å². The Balaban J connectivity index is 1.64. The Hall–Kier alpha value is -2.48. The fourth-order valence-corrected chi connectivity index (χ4v) is 4.61. The van der Waals surface area contributed by atoms with Crippen molar-refractivity contribution < 1.29 is 13.2 Å². The second-order valence-electron chi connectivity index (χ2n) is 6.35. The van der Waals surface area contributed by atoms with Crippen molar-refractivity contribution in [3.8, 4) is 0 Å². The Morgan fingerprint density at radius 1 is 1.19 bits per heavy atom. The van der Waals surface area contributed by atoms with Gasteiger partial charge in [0.05, 0.1) is 11.5 Å². The number of sulfone groups is 1. The molecule has 1 aromatic carbocycles. The largest absolute Gasteiger partial charge is 0.365 e. The van der Waals surface area contributed by atoms with Crippen molar-refractivity contribution in [1.82, 2.24) is 15.1 Å². The summed E-state index contributed by atoms with van der Waals surface area (Å²) < 4.78 is 23.0. The molecule has 26 heavy (non-hydrogen) atoms. The molecule has 1 unspecified atom stereocenters. The van der Waals surface area contributed by atoms with Gasteiger partial charge in [0.25, 0.3) is 5.91 Å². The van der Waals surface area contributed by atoms with Crippen LogP contribution in [0.3, 0.4) is 0 Å². The number of carbonyl (C=O) groups is 1. The third kappa shape index (κ3) is 4.57. The predicted octanol–water partition coefficient (Wildman–Crippen LogP) is 1.74. The average Bonchev–Trinajstić information content (AvgIpc) is 2.99. The van der Waals surface area contributed by atoms with E-state index >= 15 is 0 Å². The molecular formula is C18H22N4O3S. The zero-order chi connectivity index (χ0) is 18.6. The summed E-state index contributed by atoms with van der Waals surface area (Å²) >= 11 is 0. The summed E-state index contributed by atoms with van der Waals surface area (Å²) in [5.41, 5.74) is 1.32. The molecule has 1 atom stereocenters. The Bertz CT molecular complexity index is 854. The Morgan fingerprint density at radius 3 is 2.54 bits per heavy atom. The smallest absolute Gasteiger partial charge is 0.274 e. The monoisotopic (exact) mass is 374 g/mol. The molecule has 1 N–H and O–H groups in total. The molecule has 0 radical (unpaired) electrons. The number of aromatic nitrogens is 2. The second kappa shape index (κ2) is 7.82. The summed E-state index contributed by atoms with van der Waals surface area (Å²) in [6.45, 7) is 3.00. The number of benzene rings is 1. The van der Waals surface area contributed by atoms with Gasteiger partial charge in [-0.3, -0.25) is 4.79 Å². The Kier molecular flexibility index (Phi) is 5.51. The van der Waals surface area contributed by atoms with Crippen LogP contribution in [-0.4, -0.2) is 53.5 Å². The van der Waals surface area contributed by atoms with Gasteiger partial charge < -0.3 is 10.2 Å². The minimum Gasteiger partial charge on any atom is -0.365 e. The molecule has 0 spiro atoms. The fourth-order valence-electron chi connectivity index (χ4n) is 2.93. The number of amides is 1. The minimum atomic E-state index is -2.95. The number of hydrogen-bond acceptors (Lipinski definition) is 6. The van der Waals surface area contributed by atoms with Crippen LogP contribution in [0, 0.1) is 0 Å². The van der Waals surface area contributed by atoms with E-state index in [0.717, 1.165) is 5.56 Å². The van der Waals surface area contributed by atoms with E-state index < -0.39 is 9.84 Å². The van der Waals surface area contributed by atoms with Crippen LogP contribution >= 0.6 is 0 Å². The maximum Gasteiger partial charge on any atom is 0.274 e. The molecular weight excluding hydrogens is 352 g/mol. The van der Waals surface area contributed by atoms with E-state index in [9.17, 15) is 13.2 Å². The SMILES string of the molecule is CCN(Cc1ccccc1)C(=O)c1ccc(NC2CCS(=O)(=O)C2)nn1. The van der Waals surface area contributed by atoms with E-state index in [0.29, 0.717) is 25.3 Å². The lowest BCUT2D eigenvalue weighted by molar-refractivity contribution is 0.0745. The number of rotatable bonds is 6. The van der Waals surface area contributed by atoms with Gasteiger partial charge in [-0.05, 0) is 31.0 Å². The third-order valence-corrected chi connectivity index (χ3v) is 6.12. The normalized spacial score (nSPS) is 18.4. The quantitative estimate of drug-likeness (QED) is 0.828. The van der Waals surface area contributed by atoms with Gasteiger partial charge in [0, 0.05) is 19.1 Å². The first-order valence-electron chi connectivity index (χ1n) is 8.61. The van der Waals surface area contributed by atoms with Gasteiger partial charge in [0.15, 0.2) is 15.5 Å².